The van der Waals surface area contributed by atoms with E-state index in [4.69, 9.17) is 21.1 Å². The summed E-state index contributed by atoms with van der Waals surface area (Å²) in [6.07, 6.45) is 0. The molecule has 0 saturated carbocycles. The Labute approximate surface area is 155 Å². The van der Waals surface area contributed by atoms with Crippen molar-refractivity contribution in [3.8, 4) is 11.5 Å². The number of ether oxygens (including phenoxy) is 2. The molecule has 0 unspecified atom stereocenters. The van der Waals surface area contributed by atoms with Crippen LogP contribution in [0.5, 0.6) is 11.5 Å². The SMILES string of the molecule is O=C1C(=O)N(c2ccc3c(c2)OCCO3)CCN1Cc1cccc(Cl)c1. The maximum atomic E-state index is 12.6. The van der Waals surface area contributed by atoms with Crippen molar-refractivity contribution in [2.45, 2.75) is 6.54 Å². The van der Waals surface area contributed by atoms with E-state index in [1.165, 1.54) is 4.90 Å². The maximum Gasteiger partial charge on any atom is 0.316 e. The number of hydrogen-bond donors (Lipinski definition) is 0. The lowest BCUT2D eigenvalue weighted by atomic mass is 10.1. The second kappa shape index (κ2) is 6.88. The summed E-state index contributed by atoms with van der Waals surface area (Å²) in [5.74, 6) is 0.176. The van der Waals surface area contributed by atoms with E-state index >= 15 is 0 Å². The number of hydrogen-bond acceptors (Lipinski definition) is 4. The highest BCUT2D eigenvalue weighted by Gasteiger charge is 2.33. The Bertz CT molecular complexity index is 870. The third-order valence-corrected chi connectivity index (χ3v) is 4.64. The Morgan fingerprint density at radius 2 is 1.73 bits per heavy atom. The van der Waals surface area contributed by atoms with E-state index in [1.807, 2.05) is 12.1 Å². The Hall–Kier alpha value is -2.73. The number of anilines is 1. The quantitative estimate of drug-likeness (QED) is 0.777. The van der Waals surface area contributed by atoms with Gasteiger partial charge in [0, 0.05) is 36.4 Å². The second-order valence-corrected chi connectivity index (χ2v) is 6.58. The predicted octanol–water partition coefficient (Wildman–Crippen LogP) is 2.49. The van der Waals surface area contributed by atoms with Gasteiger partial charge in [0.2, 0.25) is 0 Å². The van der Waals surface area contributed by atoms with E-state index < -0.39 is 11.8 Å². The van der Waals surface area contributed by atoms with Crippen LogP contribution in [-0.4, -0.2) is 43.0 Å². The zero-order chi connectivity index (χ0) is 18.1. The van der Waals surface area contributed by atoms with Crippen molar-refractivity contribution in [2.24, 2.45) is 0 Å². The number of carbonyl (C=O) groups excluding carboxylic acids is 2. The van der Waals surface area contributed by atoms with Gasteiger partial charge in [0.25, 0.3) is 0 Å². The van der Waals surface area contributed by atoms with Crippen LogP contribution in [0.3, 0.4) is 0 Å². The minimum Gasteiger partial charge on any atom is -0.486 e. The number of piperazine rings is 1. The van der Waals surface area contributed by atoms with Crippen molar-refractivity contribution < 1.29 is 19.1 Å². The fraction of sp³-hybridized carbons (Fsp3) is 0.263. The molecular weight excluding hydrogens is 356 g/mol. The molecule has 2 heterocycles. The third kappa shape index (κ3) is 3.20. The number of carbonyl (C=O) groups is 2. The van der Waals surface area contributed by atoms with Crippen molar-refractivity contribution in [3.05, 3.63) is 53.1 Å². The van der Waals surface area contributed by atoms with Gasteiger partial charge in [-0.2, -0.15) is 0 Å². The fourth-order valence-electron chi connectivity index (χ4n) is 3.13. The first kappa shape index (κ1) is 16.7. The van der Waals surface area contributed by atoms with Crippen LogP contribution in [0.2, 0.25) is 5.02 Å². The average Bonchev–Trinajstić information content (AvgIpc) is 2.65. The molecule has 0 aliphatic carbocycles. The zero-order valence-electron chi connectivity index (χ0n) is 14.0. The Morgan fingerprint density at radius 3 is 2.54 bits per heavy atom. The van der Waals surface area contributed by atoms with Crippen LogP contribution in [-0.2, 0) is 16.1 Å². The largest absolute Gasteiger partial charge is 0.486 e. The highest BCUT2D eigenvalue weighted by Crippen LogP contribution is 2.34. The third-order valence-electron chi connectivity index (χ3n) is 4.41. The van der Waals surface area contributed by atoms with E-state index in [0.717, 1.165) is 5.56 Å². The van der Waals surface area contributed by atoms with Gasteiger partial charge >= 0.3 is 11.8 Å². The lowest BCUT2D eigenvalue weighted by Gasteiger charge is -2.34. The summed E-state index contributed by atoms with van der Waals surface area (Å²) in [5, 5.41) is 0.608. The van der Waals surface area contributed by atoms with Gasteiger partial charge < -0.3 is 19.3 Å². The summed E-state index contributed by atoms with van der Waals surface area (Å²) in [4.78, 5) is 28.2. The van der Waals surface area contributed by atoms with Crippen molar-refractivity contribution in [1.82, 2.24) is 4.90 Å². The standard InChI is InChI=1S/C19H17ClN2O4/c20-14-3-1-2-13(10-14)12-21-6-7-22(19(24)18(21)23)15-4-5-16-17(11-15)26-9-8-25-16/h1-5,10-11H,6-9,12H2. The van der Waals surface area contributed by atoms with Gasteiger partial charge in [-0.25, -0.2) is 0 Å². The van der Waals surface area contributed by atoms with Crippen molar-refractivity contribution in [3.63, 3.8) is 0 Å². The monoisotopic (exact) mass is 372 g/mol. The van der Waals surface area contributed by atoms with E-state index in [1.54, 1.807) is 35.2 Å². The Morgan fingerprint density at radius 1 is 0.923 bits per heavy atom. The molecule has 2 aliphatic heterocycles. The van der Waals surface area contributed by atoms with Crippen LogP contribution in [0.15, 0.2) is 42.5 Å². The minimum absolute atomic E-state index is 0.361. The summed E-state index contributed by atoms with van der Waals surface area (Å²) in [6, 6.07) is 12.6. The molecule has 0 spiro atoms. The number of benzene rings is 2. The molecule has 2 aliphatic rings. The first-order chi connectivity index (χ1) is 12.6. The summed E-state index contributed by atoms with van der Waals surface area (Å²) >= 11 is 5.99. The Balaban J connectivity index is 1.50. The summed E-state index contributed by atoms with van der Waals surface area (Å²) in [7, 11) is 0. The lowest BCUT2D eigenvalue weighted by Crippen LogP contribution is -2.54. The molecular formula is C19H17ClN2O4. The zero-order valence-corrected chi connectivity index (χ0v) is 14.7. The molecule has 0 bridgehead atoms. The minimum atomic E-state index is -0.546. The van der Waals surface area contributed by atoms with Gasteiger partial charge in [-0.15, -0.1) is 0 Å². The summed E-state index contributed by atoms with van der Waals surface area (Å²) in [5.41, 5.74) is 1.53. The molecule has 0 aromatic heterocycles. The topological polar surface area (TPSA) is 59.1 Å². The van der Waals surface area contributed by atoms with E-state index in [9.17, 15) is 9.59 Å². The van der Waals surface area contributed by atoms with Crippen LogP contribution >= 0.6 is 11.6 Å². The molecule has 2 amide bonds. The van der Waals surface area contributed by atoms with Crippen LogP contribution in [0, 0.1) is 0 Å². The number of halogens is 1. The molecule has 2 aromatic rings. The van der Waals surface area contributed by atoms with Crippen molar-refractivity contribution in [1.29, 1.82) is 0 Å². The maximum absolute atomic E-state index is 12.6. The first-order valence-corrected chi connectivity index (χ1v) is 8.74. The van der Waals surface area contributed by atoms with Crippen molar-refractivity contribution >= 4 is 29.1 Å². The van der Waals surface area contributed by atoms with Gasteiger partial charge in [0.15, 0.2) is 11.5 Å². The van der Waals surface area contributed by atoms with Gasteiger partial charge in [0.05, 0.1) is 0 Å². The average molecular weight is 373 g/mol. The molecule has 7 heteroatoms. The normalized spacial score (nSPS) is 16.8. The molecule has 4 rings (SSSR count). The number of fused-ring (bicyclic) bond motifs is 1. The van der Waals surface area contributed by atoms with E-state index in [2.05, 4.69) is 0 Å². The van der Waals surface area contributed by atoms with E-state index in [-0.39, 0.29) is 0 Å². The molecule has 134 valence electrons. The number of nitrogens with zero attached hydrogens (tertiary/aromatic N) is 2. The van der Waals surface area contributed by atoms with Gasteiger partial charge in [-0.05, 0) is 29.8 Å². The molecule has 2 aromatic carbocycles. The molecule has 26 heavy (non-hydrogen) atoms. The van der Waals surface area contributed by atoms with Gasteiger partial charge in [-0.1, -0.05) is 23.7 Å². The highest BCUT2D eigenvalue weighted by molar-refractivity contribution is 6.41. The van der Waals surface area contributed by atoms with Gasteiger partial charge in [0.1, 0.15) is 13.2 Å². The predicted molar refractivity (Wildman–Crippen MR) is 96.7 cm³/mol. The fourth-order valence-corrected chi connectivity index (χ4v) is 3.34. The second-order valence-electron chi connectivity index (χ2n) is 6.14. The smallest absolute Gasteiger partial charge is 0.316 e. The molecule has 1 fully saturated rings. The lowest BCUT2D eigenvalue weighted by molar-refractivity contribution is -0.146. The van der Waals surface area contributed by atoms with Crippen molar-refractivity contribution in [2.75, 3.05) is 31.2 Å². The molecule has 0 N–H and O–H groups in total. The van der Waals surface area contributed by atoms with Crippen LogP contribution in [0.25, 0.3) is 0 Å². The number of amides is 2. The molecule has 0 atom stereocenters. The summed E-state index contributed by atoms with van der Waals surface area (Å²) < 4.78 is 11.0. The van der Waals surface area contributed by atoms with E-state index in [0.29, 0.717) is 55.1 Å². The van der Waals surface area contributed by atoms with Gasteiger partial charge in [-0.3, -0.25) is 9.59 Å². The molecule has 6 nitrogen and oxygen atoms in total. The summed E-state index contributed by atoms with van der Waals surface area (Å²) in [6.45, 7) is 2.21. The Kier molecular flexibility index (Phi) is 4.42. The van der Waals surface area contributed by atoms with Crippen LogP contribution < -0.4 is 14.4 Å². The molecule has 1 saturated heterocycles. The molecule has 0 radical (unpaired) electrons. The first-order valence-electron chi connectivity index (χ1n) is 8.37. The number of rotatable bonds is 3. The van der Waals surface area contributed by atoms with Crippen LogP contribution in [0.1, 0.15) is 5.56 Å². The highest BCUT2D eigenvalue weighted by atomic mass is 35.5. The van der Waals surface area contributed by atoms with Crippen LogP contribution in [0.4, 0.5) is 5.69 Å².